The van der Waals surface area contributed by atoms with Gasteiger partial charge in [-0.2, -0.15) is 0 Å². The first-order valence-electron chi connectivity index (χ1n) is 8.48. The van der Waals surface area contributed by atoms with Gasteiger partial charge < -0.3 is 14.6 Å². The van der Waals surface area contributed by atoms with Crippen molar-refractivity contribution in [2.45, 2.75) is 13.3 Å². The Morgan fingerprint density at radius 2 is 1.88 bits per heavy atom. The van der Waals surface area contributed by atoms with Crippen molar-refractivity contribution >= 4 is 23.2 Å². The quantitative estimate of drug-likeness (QED) is 0.778. The molecule has 0 unspecified atom stereocenters. The number of nitrogens with zero attached hydrogens (tertiary/aromatic N) is 1. The van der Waals surface area contributed by atoms with Gasteiger partial charge in [0.25, 0.3) is 11.8 Å². The van der Waals surface area contributed by atoms with Crippen molar-refractivity contribution in [1.29, 1.82) is 0 Å². The Balaban J connectivity index is 1.57. The lowest BCUT2D eigenvalue weighted by molar-refractivity contribution is 0.0962. The van der Waals surface area contributed by atoms with E-state index in [-0.39, 0.29) is 11.8 Å². The minimum Gasteiger partial charge on any atom is -0.459 e. The first-order valence-corrected chi connectivity index (χ1v) is 8.48. The lowest BCUT2D eigenvalue weighted by atomic mass is 10.1. The van der Waals surface area contributed by atoms with Gasteiger partial charge in [0.05, 0.1) is 6.26 Å². The van der Waals surface area contributed by atoms with Gasteiger partial charge in [-0.1, -0.05) is 23.8 Å². The fraction of sp³-hybridized carbons (Fsp3) is 0.143. The molecule has 0 aliphatic carbocycles. The Bertz CT molecular complexity index is 959. The molecule has 1 N–H and O–H groups in total. The van der Waals surface area contributed by atoms with E-state index >= 15 is 0 Å². The number of anilines is 2. The molecule has 130 valence electrons. The highest BCUT2D eigenvalue weighted by Gasteiger charge is 2.27. The minimum absolute atomic E-state index is 0.171. The van der Waals surface area contributed by atoms with Crippen LogP contribution in [0.3, 0.4) is 0 Å². The number of carbonyl (C=O) groups excluding carboxylic acids is 2. The van der Waals surface area contributed by atoms with Gasteiger partial charge in [-0.05, 0) is 55.3 Å². The number of hydrogen-bond acceptors (Lipinski definition) is 3. The number of amides is 2. The molecule has 0 fully saturated rings. The van der Waals surface area contributed by atoms with Gasteiger partial charge in [-0.15, -0.1) is 0 Å². The van der Waals surface area contributed by atoms with Crippen LogP contribution >= 0.6 is 0 Å². The van der Waals surface area contributed by atoms with Crippen molar-refractivity contribution in [3.8, 4) is 0 Å². The molecule has 1 aliphatic heterocycles. The van der Waals surface area contributed by atoms with Gasteiger partial charge in [-0.3, -0.25) is 9.59 Å². The fourth-order valence-corrected chi connectivity index (χ4v) is 3.11. The molecule has 1 aliphatic rings. The molecule has 2 aromatic carbocycles. The van der Waals surface area contributed by atoms with E-state index in [0.717, 1.165) is 23.2 Å². The highest BCUT2D eigenvalue weighted by molar-refractivity contribution is 6.07. The standard InChI is InChI=1S/C21H18N2O3/c1-14-4-6-16(7-5-14)20(24)22-17-9-8-15-10-11-23(18(15)13-17)21(25)19-3-2-12-26-19/h2-9,12-13H,10-11H2,1H3,(H,22,24). The van der Waals surface area contributed by atoms with E-state index in [1.165, 1.54) is 6.26 Å². The Morgan fingerprint density at radius 3 is 2.62 bits per heavy atom. The van der Waals surface area contributed by atoms with E-state index in [2.05, 4.69) is 5.32 Å². The maximum atomic E-state index is 12.6. The predicted molar refractivity (Wildman–Crippen MR) is 99.7 cm³/mol. The summed E-state index contributed by atoms with van der Waals surface area (Å²) >= 11 is 0. The molecule has 2 amide bonds. The molecule has 0 atom stereocenters. The van der Waals surface area contributed by atoms with Crippen molar-refractivity contribution in [2.75, 3.05) is 16.8 Å². The first-order chi connectivity index (χ1) is 12.6. The Hall–Kier alpha value is -3.34. The normalized spacial score (nSPS) is 12.7. The van der Waals surface area contributed by atoms with E-state index in [4.69, 9.17) is 4.42 Å². The molecule has 5 nitrogen and oxygen atoms in total. The van der Waals surface area contributed by atoms with Gasteiger partial charge in [0.1, 0.15) is 0 Å². The maximum Gasteiger partial charge on any atom is 0.293 e. The summed E-state index contributed by atoms with van der Waals surface area (Å²) in [6, 6.07) is 16.4. The zero-order valence-corrected chi connectivity index (χ0v) is 14.4. The highest BCUT2D eigenvalue weighted by atomic mass is 16.3. The summed E-state index contributed by atoms with van der Waals surface area (Å²) in [5, 5.41) is 2.90. The van der Waals surface area contributed by atoms with Crippen molar-refractivity contribution in [1.82, 2.24) is 0 Å². The van der Waals surface area contributed by atoms with Crippen LogP contribution in [-0.2, 0) is 6.42 Å². The molecule has 3 aromatic rings. The molecule has 5 heteroatoms. The first kappa shape index (κ1) is 16.1. The summed E-state index contributed by atoms with van der Waals surface area (Å²) in [5.74, 6) is -0.0328. The summed E-state index contributed by atoms with van der Waals surface area (Å²) in [4.78, 5) is 26.7. The summed E-state index contributed by atoms with van der Waals surface area (Å²) < 4.78 is 5.22. The smallest absolute Gasteiger partial charge is 0.293 e. The van der Waals surface area contributed by atoms with E-state index in [9.17, 15) is 9.59 Å². The van der Waals surface area contributed by atoms with Crippen LogP contribution in [-0.4, -0.2) is 18.4 Å². The second-order valence-corrected chi connectivity index (χ2v) is 6.35. The summed E-state index contributed by atoms with van der Waals surface area (Å²) in [6.07, 6.45) is 2.27. The topological polar surface area (TPSA) is 62.6 Å². The number of aryl methyl sites for hydroxylation is 1. The Morgan fingerprint density at radius 1 is 1.08 bits per heavy atom. The van der Waals surface area contributed by atoms with Gasteiger partial charge in [0.2, 0.25) is 0 Å². The zero-order valence-electron chi connectivity index (χ0n) is 14.4. The monoisotopic (exact) mass is 346 g/mol. The number of furan rings is 1. The summed E-state index contributed by atoms with van der Waals surface area (Å²) in [7, 11) is 0. The van der Waals surface area contributed by atoms with Crippen LogP contribution in [0, 0.1) is 6.92 Å². The molecule has 0 radical (unpaired) electrons. The maximum absolute atomic E-state index is 12.6. The van der Waals surface area contributed by atoms with Crippen LogP contribution in [0.2, 0.25) is 0 Å². The molecule has 0 saturated heterocycles. The number of hydrogen-bond donors (Lipinski definition) is 1. The largest absolute Gasteiger partial charge is 0.459 e. The molecule has 4 rings (SSSR count). The van der Waals surface area contributed by atoms with Gasteiger partial charge >= 0.3 is 0 Å². The molecule has 0 saturated carbocycles. The average molecular weight is 346 g/mol. The molecule has 26 heavy (non-hydrogen) atoms. The van der Waals surface area contributed by atoms with Crippen LogP contribution in [0.15, 0.2) is 65.3 Å². The third kappa shape index (κ3) is 2.99. The average Bonchev–Trinajstić information content (AvgIpc) is 3.31. The van der Waals surface area contributed by atoms with E-state index in [0.29, 0.717) is 23.6 Å². The lowest BCUT2D eigenvalue weighted by Crippen LogP contribution is -2.28. The second kappa shape index (κ2) is 6.52. The fourth-order valence-electron chi connectivity index (χ4n) is 3.11. The Kier molecular flexibility index (Phi) is 4.05. The minimum atomic E-state index is -0.174. The number of fused-ring (bicyclic) bond motifs is 1. The lowest BCUT2D eigenvalue weighted by Gasteiger charge is -2.17. The van der Waals surface area contributed by atoms with Crippen LogP contribution in [0.25, 0.3) is 0 Å². The molecule has 2 heterocycles. The molecule has 1 aromatic heterocycles. The van der Waals surface area contributed by atoms with Gasteiger partial charge in [0.15, 0.2) is 5.76 Å². The third-order valence-electron chi connectivity index (χ3n) is 4.53. The van der Waals surface area contributed by atoms with Crippen LogP contribution < -0.4 is 10.2 Å². The SMILES string of the molecule is Cc1ccc(C(=O)Nc2ccc3c(c2)N(C(=O)c2ccco2)CC3)cc1. The van der Waals surface area contributed by atoms with Crippen LogP contribution in [0.1, 0.15) is 32.0 Å². The highest BCUT2D eigenvalue weighted by Crippen LogP contribution is 2.32. The molecular formula is C21H18N2O3. The van der Waals surface area contributed by atoms with Crippen molar-refractivity contribution in [2.24, 2.45) is 0 Å². The predicted octanol–water partition coefficient (Wildman–Crippen LogP) is 4.04. The van der Waals surface area contributed by atoms with E-state index < -0.39 is 0 Å². The van der Waals surface area contributed by atoms with Crippen molar-refractivity contribution in [3.05, 3.63) is 83.3 Å². The van der Waals surface area contributed by atoms with Gasteiger partial charge in [0, 0.05) is 23.5 Å². The molecule has 0 spiro atoms. The summed E-state index contributed by atoms with van der Waals surface area (Å²) in [5.41, 5.74) is 4.26. The zero-order chi connectivity index (χ0) is 18.1. The number of rotatable bonds is 3. The number of nitrogens with one attached hydrogen (secondary N) is 1. The number of carbonyl (C=O) groups is 2. The van der Waals surface area contributed by atoms with Gasteiger partial charge in [-0.25, -0.2) is 0 Å². The van der Waals surface area contributed by atoms with E-state index in [1.54, 1.807) is 29.2 Å². The second-order valence-electron chi connectivity index (χ2n) is 6.35. The van der Waals surface area contributed by atoms with Crippen LogP contribution in [0.5, 0.6) is 0 Å². The van der Waals surface area contributed by atoms with Crippen molar-refractivity contribution in [3.63, 3.8) is 0 Å². The van der Waals surface area contributed by atoms with Crippen LogP contribution in [0.4, 0.5) is 11.4 Å². The van der Waals surface area contributed by atoms with E-state index in [1.807, 2.05) is 37.3 Å². The molecular weight excluding hydrogens is 328 g/mol. The Labute approximate surface area is 151 Å². The van der Waals surface area contributed by atoms with Crippen molar-refractivity contribution < 1.29 is 14.0 Å². The third-order valence-corrected chi connectivity index (χ3v) is 4.53. The summed E-state index contributed by atoms with van der Waals surface area (Å²) in [6.45, 7) is 2.58. The molecule has 0 bridgehead atoms. The number of benzene rings is 2.